The summed E-state index contributed by atoms with van der Waals surface area (Å²) in [6, 6.07) is 9.06. The molecule has 0 aromatic heterocycles. The largest absolute Gasteiger partial charge is 0.334 e. The molecule has 3 nitrogen and oxygen atoms in total. The highest BCUT2D eigenvalue weighted by molar-refractivity contribution is 5.83. The second-order valence-corrected chi connectivity index (χ2v) is 6.54. The highest BCUT2D eigenvalue weighted by Gasteiger charge is 2.33. The van der Waals surface area contributed by atoms with Crippen molar-refractivity contribution in [1.82, 2.24) is 10.2 Å². The van der Waals surface area contributed by atoms with E-state index in [0.29, 0.717) is 11.9 Å². The van der Waals surface area contributed by atoms with Crippen molar-refractivity contribution in [1.29, 1.82) is 0 Å². The Morgan fingerprint density at radius 2 is 2.00 bits per heavy atom. The highest BCUT2D eigenvalue weighted by atomic mass is 16.2. The molecule has 3 heteroatoms. The van der Waals surface area contributed by atoms with Gasteiger partial charge in [0.1, 0.15) is 0 Å². The molecule has 0 radical (unpaired) electrons. The number of aryl methyl sites for hydroxylation is 1. The van der Waals surface area contributed by atoms with Crippen molar-refractivity contribution >= 4 is 5.91 Å². The highest BCUT2D eigenvalue weighted by Crippen LogP contribution is 2.26. The predicted molar refractivity (Wildman–Crippen MR) is 85.0 cm³/mol. The fourth-order valence-electron chi connectivity index (χ4n) is 3.49. The summed E-state index contributed by atoms with van der Waals surface area (Å²) in [5, 5.41) is 3.27. The molecule has 1 saturated carbocycles. The quantitative estimate of drug-likeness (QED) is 0.923. The maximum Gasteiger partial charge on any atom is 0.240 e. The van der Waals surface area contributed by atoms with E-state index >= 15 is 0 Å². The molecule has 1 atom stereocenters. The zero-order valence-electron chi connectivity index (χ0n) is 13.0. The van der Waals surface area contributed by atoms with Gasteiger partial charge in [0.15, 0.2) is 0 Å². The molecule has 0 bridgehead atoms. The minimum absolute atomic E-state index is 0.0664. The topological polar surface area (TPSA) is 32.3 Å². The van der Waals surface area contributed by atoms with Crippen LogP contribution in [0.5, 0.6) is 0 Å². The van der Waals surface area contributed by atoms with Gasteiger partial charge in [-0.25, -0.2) is 0 Å². The van der Waals surface area contributed by atoms with Gasteiger partial charge in [-0.3, -0.25) is 4.79 Å². The van der Waals surface area contributed by atoms with Crippen LogP contribution >= 0.6 is 0 Å². The summed E-state index contributed by atoms with van der Waals surface area (Å²) in [4.78, 5) is 14.9. The van der Waals surface area contributed by atoms with Crippen LogP contribution in [0.2, 0.25) is 0 Å². The molecule has 3 rings (SSSR count). The number of hydrogen-bond donors (Lipinski definition) is 1. The molecule has 1 aliphatic carbocycles. The number of rotatable bonds is 4. The molecule has 1 saturated heterocycles. The zero-order valence-corrected chi connectivity index (χ0v) is 13.0. The molecule has 1 N–H and O–H groups in total. The third-order valence-electron chi connectivity index (χ3n) is 4.86. The van der Waals surface area contributed by atoms with Gasteiger partial charge in [0.05, 0.1) is 6.04 Å². The van der Waals surface area contributed by atoms with Crippen LogP contribution in [-0.4, -0.2) is 29.4 Å². The molecule has 114 valence electrons. The van der Waals surface area contributed by atoms with Crippen LogP contribution in [0.4, 0.5) is 0 Å². The molecule has 21 heavy (non-hydrogen) atoms. The lowest BCUT2D eigenvalue weighted by atomic mass is 9.92. The maximum atomic E-state index is 12.8. The van der Waals surface area contributed by atoms with Crippen molar-refractivity contribution < 1.29 is 4.79 Å². The number of benzene rings is 1. The molecular weight excluding hydrogens is 260 g/mol. The standard InChI is InChI=1S/C18H26N2O/c1-14-6-5-7-15(12-14)13-20(16-8-3-2-4-9-16)18(21)17-10-11-19-17/h5-7,12,16-17,19H,2-4,8-11,13H2,1H3. The van der Waals surface area contributed by atoms with Gasteiger partial charge in [0, 0.05) is 12.6 Å². The lowest BCUT2D eigenvalue weighted by Crippen LogP contribution is -2.56. The van der Waals surface area contributed by atoms with E-state index in [1.54, 1.807) is 0 Å². The summed E-state index contributed by atoms with van der Waals surface area (Å²) in [5.41, 5.74) is 2.53. The van der Waals surface area contributed by atoms with Gasteiger partial charge in [-0.1, -0.05) is 49.1 Å². The van der Waals surface area contributed by atoms with Gasteiger partial charge in [0.25, 0.3) is 0 Å². The van der Waals surface area contributed by atoms with Crippen LogP contribution in [-0.2, 0) is 11.3 Å². The molecular formula is C18H26N2O. The minimum Gasteiger partial charge on any atom is -0.334 e. The Morgan fingerprint density at radius 3 is 2.62 bits per heavy atom. The van der Waals surface area contributed by atoms with E-state index < -0.39 is 0 Å². The predicted octanol–water partition coefficient (Wildman–Crippen LogP) is 3.02. The molecule has 1 heterocycles. The number of amides is 1. The first kappa shape index (κ1) is 14.6. The molecule has 1 aromatic carbocycles. The second-order valence-electron chi connectivity index (χ2n) is 6.54. The van der Waals surface area contributed by atoms with E-state index in [1.165, 1.54) is 43.2 Å². The van der Waals surface area contributed by atoms with Crippen LogP contribution in [0.25, 0.3) is 0 Å². The Bertz CT molecular complexity index is 490. The Balaban J connectivity index is 1.75. The van der Waals surface area contributed by atoms with Crippen molar-refractivity contribution in [3.8, 4) is 0 Å². The summed E-state index contributed by atoms with van der Waals surface area (Å²) in [7, 11) is 0. The maximum absolute atomic E-state index is 12.8. The van der Waals surface area contributed by atoms with Crippen LogP contribution in [0, 0.1) is 6.92 Å². The van der Waals surface area contributed by atoms with Crippen molar-refractivity contribution in [2.75, 3.05) is 6.54 Å². The van der Waals surface area contributed by atoms with Crippen molar-refractivity contribution in [2.24, 2.45) is 0 Å². The van der Waals surface area contributed by atoms with E-state index in [9.17, 15) is 4.79 Å². The summed E-state index contributed by atoms with van der Waals surface area (Å²) in [5.74, 6) is 0.314. The number of carbonyl (C=O) groups excluding carboxylic acids is 1. The van der Waals surface area contributed by atoms with Crippen LogP contribution in [0.1, 0.15) is 49.7 Å². The molecule has 0 spiro atoms. The second kappa shape index (κ2) is 6.61. The lowest BCUT2D eigenvalue weighted by Gasteiger charge is -2.39. The number of hydrogen-bond acceptors (Lipinski definition) is 2. The fraction of sp³-hybridized carbons (Fsp3) is 0.611. The van der Waals surface area contributed by atoms with E-state index in [4.69, 9.17) is 0 Å². The summed E-state index contributed by atoms with van der Waals surface area (Å²) < 4.78 is 0. The first-order valence-electron chi connectivity index (χ1n) is 8.33. The summed E-state index contributed by atoms with van der Waals surface area (Å²) in [6.45, 7) is 3.87. The summed E-state index contributed by atoms with van der Waals surface area (Å²) in [6.07, 6.45) is 7.19. The van der Waals surface area contributed by atoms with Crippen LogP contribution in [0.15, 0.2) is 24.3 Å². The van der Waals surface area contributed by atoms with E-state index in [2.05, 4.69) is 41.4 Å². The molecule has 1 unspecified atom stereocenters. The van der Waals surface area contributed by atoms with Gasteiger partial charge in [-0.2, -0.15) is 0 Å². The molecule has 2 aliphatic rings. The van der Waals surface area contributed by atoms with Crippen molar-refractivity contribution in [3.05, 3.63) is 35.4 Å². The number of nitrogens with one attached hydrogen (secondary N) is 1. The van der Waals surface area contributed by atoms with Gasteiger partial charge < -0.3 is 10.2 Å². The first-order chi connectivity index (χ1) is 10.2. The Labute approximate surface area is 127 Å². The average Bonchev–Trinajstić information content (AvgIpc) is 2.44. The minimum atomic E-state index is 0.0664. The molecule has 1 aliphatic heterocycles. The Morgan fingerprint density at radius 1 is 1.24 bits per heavy atom. The third-order valence-corrected chi connectivity index (χ3v) is 4.86. The van der Waals surface area contributed by atoms with Crippen molar-refractivity contribution in [3.63, 3.8) is 0 Å². The fourth-order valence-corrected chi connectivity index (χ4v) is 3.49. The average molecular weight is 286 g/mol. The Hall–Kier alpha value is -1.35. The summed E-state index contributed by atoms with van der Waals surface area (Å²) >= 11 is 0. The lowest BCUT2D eigenvalue weighted by molar-refractivity contribution is -0.139. The van der Waals surface area contributed by atoms with Crippen LogP contribution < -0.4 is 5.32 Å². The van der Waals surface area contributed by atoms with Gasteiger partial charge in [-0.15, -0.1) is 0 Å². The molecule has 1 amide bonds. The number of nitrogens with zero attached hydrogens (tertiary/aromatic N) is 1. The Kier molecular flexibility index (Phi) is 4.59. The SMILES string of the molecule is Cc1cccc(CN(C(=O)C2CCN2)C2CCCCC2)c1. The smallest absolute Gasteiger partial charge is 0.240 e. The van der Waals surface area contributed by atoms with Crippen LogP contribution in [0.3, 0.4) is 0 Å². The van der Waals surface area contributed by atoms with Crippen molar-refractivity contribution in [2.45, 2.75) is 64.1 Å². The van der Waals surface area contributed by atoms with Gasteiger partial charge in [-0.05, 0) is 38.3 Å². The monoisotopic (exact) mass is 286 g/mol. The third kappa shape index (κ3) is 3.46. The first-order valence-corrected chi connectivity index (χ1v) is 8.33. The number of carbonyl (C=O) groups is 1. The van der Waals surface area contributed by atoms with Gasteiger partial charge >= 0.3 is 0 Å². The normalized spacial score (nSPS) is 22.6. The van der Waals surface area contributed by atoms with E-state index in [-0.39, 0.29) is 6.04 Å². The van der Waals surface area contributed by atoms with E-state index in [0.717, 1.165) is 19.5 Å². The molecule has 2 fully saturated rings. The zero-order chi connectivity index (χ0) is 14.7. The van der Waals surface area contributed by atoms with E-state index in [1.807, 2.05) is 0 Å². The molecule has 1 aromatic rings. The van der Waals surface area contributed by atoms with Gasteiger partial charge in [0.2, 0.25) is 5.91 Å².